The number of rotatable bonds is 2. The van der Waals surface area contributed by atoms with E-state index in [2.05, 4.69) is 49.8 Å². The third kappa shape index (κ3) is 2.06. The second kappa shape index (κ2) is 4.45. The van der Waals surface area contributed by atoms with Crippen LogP contribution in [0.1, 0.15) is 25.6 Å². The lowest BCUT2D eigenvalue weighted by atomic mass is 10.3. The number of aryl methyl sites for hydroxylation is 1. The van der Waals surface area contributed by atoms with Gasteiger partial charge < -0.3 is 4.98 Å². The molecule has 6 heteroatoms. The average molecular weight is 320 g/mol. The number of aromatic amines is 1. The summed E-state index contributed by atoms with van der Waals surface area (Å²) >= 11 is 3.49. The predicted octanol–water partition coefficient (Wildman–Crippen LogP) is 3.47. The molecule has 0 radical (unpaired) electrons. The van der Waals surface area contributed by atoms with E-state index in [9.17, 15) is 0 Å². The fraction of sp³-hybridized carbons (Fsp3) is 0.308. The highest BCUT2D eigenvalue weighted by molar-refractivity contribution is 9.10. The molecule has 0 saturated heterocycles. The van der Waals surface area contributed by atoms with Crippen molar-refractivity contribution in [3.05, 3.63) is 28.5 Å². The van der Waals surface area contributed by atoms with Crippen LogP contribution in [0.15, 0.2) is 22.8 Å². The number of fused-ring (bicyclic) bond motifs is 1. The van der Waals surface area contributed by atoms with Crippen LogP contribution in [0.2, 0.25) is 0 Å². The summed E-state index contributed by atoms with van der Waals surface area (Å²) in [6.07, 6.45) is 1.73. The molecule has 5 nitrogen and oxygen atoms in total. The van der Waals surface area contributed by atoms with Gasteiger partial charge in [-0.2, -0.15) is 5.10 Å². The number of H-pyrrole nitrogens is 1. The monoisotopic (exact) mass is 319 g/mol. The minimum atomic E-state index is 0.336. The molecular formula is C13H14BrN5. The van der Waals surface area contributed by atoms with Gasteiger partial charge in [0.25, 0.3) is 0 Å². The van der Waals surface area contributed by atoms with Crippen LogP contribution in [0.3, 0.4) is 0 Å². The largest absolute Gasteiger partial charge is 0.334 e. The molecule has 0 amide bonds. The highest BCUT2D eigenvalue weighted by atomic mass is 79.9. The molecule has 0 saturated carbocycles. The lowest BCUT2D eigenvalue weighted by Crippen LogP contribution is -2.04. The van der Waals surface area contributed by atoms with Gasteiger partial charge in [-0.25, -0.2) is 9.97 Å². The van der Waals surface area contributed by atoms with Crippen molar-refractivity contribution in [2.45, 2.75) is 26.8 Å². The van der Waals surface area contributed by atoms with Crippen molar-refractivity contribution in [1.82, 2.24) is 24.7 Å². The van der Waals surface area contributed by atoms with E-state index < -0.39 is 0 Å². The van der Waals surface area contributed by atoms with Gasteiger partial charge in [-0.15, -0.1) is 0 Å². The SMILES string of the molecule is Cc1cc(-c2nc3nccc(Br)c3[nH]2)nn1C(C)C. The molecule has 0 spiro atoms. The first-order valence-electron chi connectivity index (χ1n) is 6.13. The fourth-order valence-corrected chi connectivity index (χ4v) is 2.52. The summed E-state index contributed by atoms with van der Waals surface area (Å²) in [6.45, 7) is 6.27. The number of nitrogens with zero attached hydrogens (tertiary/aromatic N) is 4. The van der Waals surface area contributed by atoms with Crippen LogP contribution < -0.4 is 0 Å². The molecule has 0 atom stereocenters. The maximum Gasteiger partial charge on any atom is 0.179 e. The van der Waals surface area contributed by atoms with E-state index in [-0.39, 0.29) is 0 Å². The van der Waals surface area contributed by atoms with Crippen molar-refractivity contribution in [2.75, 3.05) is 0 Å². The number of aromatic nitrogens is 5. The Bertz CT molecular complexity index is 741. The van der Waals surface area contributed by atoms with Gasteiger partial charge in [0.2, 0.25) is 0 Å². The molecule has 0 bridgehead atoms. The highest BCUT2D eigenvalue weighted by Crippen LogP contribution is 2.24. The lowest BCUT2D eigenvalue weighted by molar-refractivity contribution is 0.520. The summed E-state index contributed by atoms with van der Waals surface area (Å²) in [7, 11) is 0. The Balaban J connectivity index is 2.14. The van der Waals surface area contributed by atoms with Gasteiger partial charge in [-0.3, -0.25) is 4.68 Å². The van der Waals surface area contributed by atoms with Crippen molar-refractivity contribution < 1.29 is 0 Å². The molecule has 0 fully saturated rings. The molecule has 3 aromatic rings. The molecular weight excluding hydrogens is 306 g/mol. The number of imidazole rings is 1. The zero-order valence-corrected chi connectivity index (χ0v) is 12.6. The predicted molar refractivity (Wildman–Crippen MR) is 77.9 cm³/mol. The quantitative estimate of drug-likeness (QED) is 0.786. The minimum Gasteiger partial charge on any atom is -0.334 e. The summed E-state index contributed by atoms with van der Waals surface area (Å²) in [6, 6.07) is 4.26. The fourth-order valence-electron chi connectivity index (χ4n) is 2.13. The van der Waals surface area contributed by atoms with Crippen LogP contribution >= 0.6 is 15.9 Å². The number of nitrogens with one attached hydrogen (secondary N) is 1. The number of hydrogen-bond acceptors (Lipinski definition) is 3. The van der Waals surface area contributed by atoms with E-state index in [0.29, 0.717) is 11.7 Å². The average Bonchev–Trinajstić information content (AvgIpc) is 2.93. The van der Waals surface area contributed by atoms with Crippen molar-refractivity contribution in [1.29, 1.82) is 0 Å². The van der Waals surface area contributed by atoms with Gasteiger partial charge in [0.05, 0.1) is 5.52 Å². The van der Waals surface area contributed by atoms with Crippen LogP contribution in [0.4, 0.5) is 0 Å². The molecule has 0 aliphatic rings. The standard InChI is InChI=1S/C13H14BrN5/c1-7(2)19-8(3)6-10(18-19)12-16-11-9(14)4-5-15-13(11)17-12/h4-7H,1-3H3,(H,15,16,17). The zero-order chi connectivity index (χ0) is 13.6. The molecule has 3 aromatic heterocycles. The highest BCUT2D eigenvalue weighted by Gasteiger charge is 2.13. The Morgan fingerprint density at radius 2 is 2.16 bits per heavy atom. The maximum atomic E-state index is 4.58. The second-order valence-corrected chi connectivity index (χ2v) is 5.64. The van der Waals surface area contributed by atoms with E-state index in [1.54, 1.807) is 6.20 Å². The van der Waals surface area contributed by atoms with Crippen molar-refractivity contribution >= 4 is 27.1 Å². The van der Waals surface area contributed by atoms with Gasteiger partial charge in [-0.05, 0) is 48.8 Å². The molecule has 3 heterocycles. The molecule has 0 aliphatic heterocycles. The number of hydrogen-bond donors (Lipinski definition) is 1. The Hall–Kier alpha value is -1.69. The van der Waals surface area contributed by atoms with Crippen LogP contribution in [0.5, 0.6) is 0 Å². The van der Waals surface area contributed by atoms with Gasteiger partial charge in [0.15, 0.2) is 11.5 Å². The molecule has 0 unspecified atom stereocenters. The molecule has 19 heavy (non-hydrogen) atoms. The lowest BCUT2D eigenvalue weighted by Gasteiger charge is -2.06. The summed E-state index contributed by atoms with van der Waals surface area (Å²) in [5.41, 5.74) is 3.56. The van der Waals surface area contributed by atoms with Gasteiger partial charge in [0, 0.05) is 22.4 Å². The molecule has 1 N–H and O–H groups in total. The van der Waals surface area contributed by atoms with Gasteiger partial charge >= 0.3 is 0 Å². The first kappa shape index (κ1) is 12.3. The summed E-state index contributed by atoms with van der Waals surface area (Å²) in [5.74, 6) is 0.747. The Labute approximate surface area is 119 Å². The Morgan fingerprint density at radius 1 is 1.37 bits per heavy atom. The van der Waals surface area contributed by atoms with Crippen molar-refractivity contribution in [3.8, 4) is 11.5 Å². The van der Waals surface area contributed by atoms with Crippen LogP contribution in [0.25, 0.3) is 22.7 Å². The third-order valence-corrected chi connectivity index (χ3v) is 3.66. The van der Waals surface area contributed by atoms with Gasteiger partial charge in [0.1, 0.15) is 5.69 Å². The van der Waals surface area contributed by atoms with Crippen LogP contribution in [0, 0.1) is 6.92 Å². The summed E-state index contributed by atoms with van der Waals surface area (Å²) in [5, 5.41) is 4.58. The minimum absolute atomic E-state index is 0.336. The third-order valence-electron chi connectivity index (χ3n) is 3.00. The Morgan fingerprint density at radius 3 is 2.79 bits per heavy atom. The summed E-state index contributed by atoms with van der Waals surface area (Å²) in [4.78, 5) is 12.0. The molecule has 3 rings (SSSR count). The molecule has 98 valence electrons. The van der Waals surface area contributed by atoms with Crippen LogP contribution in [-0.2, 0) is 0 Å². The summed E-state index contributed by atoms with van der Waals surface area (Å²) < 4.78 is 2.95. The number of pyridine rings is 1. The van der Waals surface area contributed by atoms with Crippen LogP contribution in [-0.4, -0.2) is 24.7 Å². The maximum absolute atomic E-state index is 4.58. The Kier molecular flexibility index (Phi) is 2.89. The normalized spacial score (nSPS) is 11.6. The first-order chi connectivity index (χ1) is 9.06. The number of halogens is 1. The smallest absolute Gasteiger partial charge is 0.179 e. The van der Waals surface area contributed by atoms with Crippen molar-refractivity contribution in [2.24, 2.45) is 0 Å². The molecule has 0 aromatic carbocycles. The van der Waals surface area contributed by atoms with E-state index in [1.165, 1.54) is 0 Å². The zero-order valence-electron chi connectivity index (χ0n) is 11.0. The van der Waals surface area contributed by atoms with E-state index in [1.807, 2.05) is 23.7 Å². The second-order valence-electron chi connectivity index (χ2n) is 4.79. The van der Waals surface area contributed by atoms with E-state index in [4.69, 9.17) is 0 Å². The van der Waals surface area contributed by atoms with Gasteiger partial charge in [-0.1, -0.05) is 0 Å². The topological polar surface area (TPSA) is 59.4 Å². The molecule has 0 aliphatic carbocycles. The van der Waals surface area contributed by atoms with Crippen molar-refractivity contribution in [3.63, 3.8) is 0 Å². The van der Waals surface area contributed by atoms with E-state index >= 15 is 0 Å². The first-order valence-corrected chi connectivity index (χ1v) is 6.92. The van der Waals surface area contributed by atoms with E-state index in [0.717, 1.165) is 27.2 Å².